The lowest BCUT2D eigenvalue weighted by Crippen LogP contribution is -2.36. The number of anilines is 1. The largest absolute Gasteiger partial charge is 0.480 e. The molecule has 1 N–H and O–H groups in total. The summed E-state index contributed by atoms with van der Waals surface area (Å²) in [6, 6.07) is 12.6. The molecule has 5 heteroatoms. The summed E-state index contributed by atoms with van der Waals surface area (Å²) in [5, 5.41) is 9.24. The van der Waals surface area contributed by atoms with E-state index >= 15 is 0 Å². The standard InChI is InChI=1S/C17H18N2O3/c20-16-11-14(19-9-4-7-15(19)17(21)22)8-10-18(16)12-13-5-2-1-3-6-13/h1-3,5-6,8,10-11,15H,4,7,9,12H2,(H,21,22). The van der Waals surface area contributed by atoms with E-state index in [1.807, 2.05) is 36.4 Å². The van der Waals surface area contributed by atoms with Gasteiger partial charge >= 0.3 is 5.97 Å². The lowest BCUT2D eigenvalue weighted by atomic mass is 10.2. The summed E-state index contributed by atoms with van der Waals surface area (Å²) in [7, 11) is 0. The molecule has 0 aliphatic carbocycles. The van der Waals surface area contributed by atoms with Crippen LogP contribution in [0.2, 0.25) is 0 Å². The SMILES string of the molecule is O=C(O)C1CCCN1c1ccn(Cc2ccccc2)c(=O)c1. The van der Waals surface area contributed by atoms with Gasteiger partial charge in [-0.15, -0.1) is 0 Å². The van der Waals surface area contributed by atoms with Crippen molar-refractivity contribution in [1.29, 1.82) is 0 Å². The highest BCUT2D eigenvalue weighted by molar-refractivity contribution is 5.78. The minimum absolute atomic E-state index is 0.114. The van der Waals surface area contributed by atoms with Crippen molar-refractivity contribution in [1.82, 2.24) is 4.57 Å². The van der Waals surface area contributed by atoms with E-state index < -0.39 is 12.0 Å². The summed E-state index contributed by atoms with van der Waals surface area (Å²) < 4.78 is 1.63. The first kappa shape index (κ1) is 14.4. The number of aromatic nitrogens is 1. The zero-order valence-electron chi connectivity index (χ0n) is 12.2. The van der Waals surface area contributed by atoms with Gasteiger partial charge in [0.2, 0.25) is 0 Å². The summed E-state index contributed by atoms with van der Waals surface area (Å²) in [5.74, 6) is -0.828. The number of carbonyl (C=O) groups is 1. The van der Waals surface area contributed by atoms with Gasteiger partial charge < -0.3 is 14.6 Å². The molecule has 1 aliphatic heterocycles. The van der Waals surface area contributed by atoms with Gasteiger partial charge in [0, 0.05) is 24.5 Å². The topological polar surface area (TPSA) is 62.5 Å². The van der Waals surface area contributed by atoms with Crippen LogP contribution in [0.4, 0.5) is 5.69 Å². The van der Waals surface area contributed by atoms with E-state index in [4.69, 9.17) is 0 Å². The minimum atomic E-state index is -0.828. The molecular formula is C17H18N2O3. The van der Waals surface area contributed by atoms with Crippen molar-refractivity contribution in [3.8, 4) is 0 Å². The zero-order chi connectivity index (χ0) is 15.5. The number of pyridine rings is 1. The highest BCUT2D eigenvalue weighted by Gasteiger charge is 2.30. The van der Waals surface area contributed by atoms with Gasteiger partial charge in [-0.3, -0.25) is 4.79 Å². The molecule has 1 unspecified atom stereocenters. The van der Waals surface area contributed by atoms with Crippen LogP contribution in [0.15, 0.2) is 53.5 Å². The Labute approximate surface area is 128 Å². The van der Waals surface area contributed by atoms with E-state index in [2.05, 4.69) is 0 Å². The quantitative estimate of drug-likeness (QED) is 0.937. The van der Waals surface area contributed by atoms with Gasteiger partial charge in [0.1, 0.15) is 6.04 Å². The van der Waals surface area contributed by atoms with Crippen LogP contribution in [0.25, 0.3) is 0 Å². The molecule has 1 saturated heterocycles. The fourth-order valence-corrected chi connectivity index (χ4v) is 2.92. The van der Waals surface area contributed by atoms with Crippen molar-refractivity contribution in [3.63, 3.8) is 0 Å². The molecule has 1 aromatic carbocycles. The molecule has 2 heterocycles. The number of carboxylic acids is 1. The second-order valence-electron chi connectivity index (χ2n) is 5.53. The van der Waals surface area contributed by atoms with Crippen LogP contribution >= 0.6 is 0 Å². The first-order valence-corrected chi connectivity index (χ1v) is 7.39. The highest BCUT2D eigenvalue weighted by Crippen LogP contribution is 2.24. The number of benzene rings is 1. The smallest absolute Gasteiger partial charge is 0.326 e. The number of aliphatic carboxylic acids is 1. The first-order valence-electron chi connectivity index (χ1n) is 7.39. The number of rotatable bonds is 4. The fourth-order valence-electron chi connectivity index (χ4n) is 2.92. The van der Waals surface area contributed by atoms with Crippen molar-refractivity contribution in [2.75, 3.05) is 11.4 Å². The van der Waals surface area contributed by atoms with Crippen LogP contribution in [-0.2, 0) is 11.3 Å². The predicted octanol–water partition coefficient (Wildman–Crippen LogP) is 1.95. The third-order valence-corrected chi connectivity index (χ3v) is 4.04. The van der Waals surface area contributed by atoms with Crippen molar-refractivity contribution in [2.24, 2.45) is 0 Å². The van der Waals surface area contributed by atoms with Crippen LogP contribution in [-0.4, -0.2) is 28.2 Å². The van der Waals surface area contributed by atoms with Crippen molar-refractivity contribution >= 4 is 11.7 Å². The normalized spacial score (nSPS) is 17.6. The Hall–Kier alpha value is -2.56. The summed E-state index contributed by atoms with van der Waals surface area (Å²) in [4.78, 5) is 25.3. The molecule has 114 valence electrons. The van der Waals surface area contributed by atoms with Crippen LogP contribution in [0, 0.1) is 0 Å². The fraction of sp³-hybridized carbons (Fsp3) is 0.294. The maximum absolute atomic E-state index is 12.3. The lowest BCUT2D eigenvalue weighted by Gasteiger charge is -2.23. The number of carboxylic acid groups (broad SMARTS) is 1. The van der Waals surface area contributed by atoms with Crippen LogP contribution in [0.5, 0.6) is 0 Å². The molecule has 3 rings (SSSR count). The molecular weight excluding hydrogens is 280 g/mol. The second-order valence-corrected chi connectivity index (χ2v) is 5.53. The average Bonchev–Trinajstić information content (AvgIpc) is 3.00. The molecule has 1 fully saturated rings. The minimum Gasteiger partial charge on any atom is -0.480 e. The number of hydrogen-bond acceptors (Lipinski definition) is 3. The van der Waals surface area contributed by atoms with Gasteiger partial charge in [-0.05, 0) is 24.5 Å². The van der Waals surface area contributed by atoms with E-state index in [1.54, 1.807) is 15.7 Å². The Morgan fingerprint density at radius 3 is 2.68 bits per heavy atom. The van der Waals surface area contributed by atoms with Crippen LogP contribution < -0.4 is 10.5 Å². The Balaban J connectivity index is 1.83. The van der Waals surface area contributed by atoms with E-state index in [0.717, 1.165) is 12.0 Å². The Morgan fingerprint density at radius 1 is 1.23 bits per heavy atom. The van der Waals surface area contributed by atoms with Crippen LogP contribution in [0.3, 0.4) is 0 Å². The van der Waals surface area contributed by atoms with E-state index in [0.29, 0.717) is 25.2 Å². The summed E-state index contributed by atoms with van der Waals surface area (Å²) in [6.07, 6.45) is 3.20. The summed E-state index contributed by atoms with van der Waals surface area (Å²) in [5.41, 5.74) is 1.64. The molecule has 2 aromatic rings. The zero-order valence-corrected chi connectivity index (χ0v) is 12.2. The Bertz CT molecular complexity index is 724. The van der Waals surface area contributed by atoms with Crippen molar-refractivity contribution < 1.29 is 9.90 Å². The van der Waals surface area contributed by atoms with Crippen molar-refractivity contribution in [2.45, 2.75) is 25.4 Å². The van der Waals surface area contributed by atoms with Gasteiger partial charge in [-0.25, -0.2) is 4.79 Å². The first-order chi connectivity index (χ1) is 10.6. The molecule has 22 heavy (non-hydrogen) atoms. The molecule has 1 aromatic heterocycles. The number of hydrogen-bond donors (Lipinski definition) is 1. The maximum Gasteiger partial charge on any atom is 0.326 e. The van der Waals surface area contributed by atoms with E-state index in [1.165, 1.54) is 6.07 Å². The van der Waals surface area contributed by atoms with Gasteiger partial charge in [-0.1, -0.05) is 30.3 Å². The van der Waals surface area contributed by atoms with Crippen LogP contribution in [0.1, 0.15) is 18.4 Å². The van der Waals surface area contributed by atoms with Gasteiger partial charge in [-0.2, -0.15) is 0 Å². The van der Waals surface area contributed by atoms with E-state index in [9.17, 15) is 14.7 Å². The summed E-state index contributed by atoms with van der Waals surface area (Å²) in [6.45, 7) is 1.20. The van der Waals surface area contributed by atoms with E-state index in [-0.39, 0.29) is 5.56 Å². The van der Waals surface area contributed by atoms with Gasteiger partial charge in [0.25, 0.3) is 5.56 Å². The third-order valence-electron chi connectivity index (χ3n) is 4.04. The third kappa shape index (κ3) is 2.88. The maximum atomic E-state index is 12.3. The molecule has 0 bridgehead atoms. The van der Waals surface area contributed by atoms with Gasteiger partial charge in [0.15, 0.2) is 0 Å². The average molecular weight is 298 g/mol. The molecule has 0 radical (unpaired) electrons. The predicted molar refractivity (Wildman–Crippen MR) is 84.2 cm³/mol. The molecule has 5 nitrogen and oxygen atoms in total. The highest BCUT2D eigenvalue weighted by atomic mass is 16.4. The number of nitrogens with zero attached hydrogens (tertiary/aromatic N) is 2. The molecule has 0 spiro atoms. The molecule has 0 saturated carbocycles. The molecule has 1 atom stereocenters. The summed E-state index contributed by atoms with van der Waals surface area (Å²) >= 11 is 0. The molecule has 0 amide bonds. The lowest BCUT2D eigenvalue weighted by molar-refractivity contribution is -0.138. The Kier molecular flexibility index (Phi) is 3.96. The van der Waals surface area contributed by atoms with Gasteiger partial charge in [0.05, 0.1) is 6.54 Å². The second kappa shape index (κ2) is 6.05. The van der Waals surface area contributed by atoms with Crippen molar-refractivity contribution in [3.05, 3.63) is 64.6 Å². The molecule has 1 aliphatic rings. The Morgan fingerprint density at radius 2 is 2.00 bits per heavy atom. The monoisotopic (exact) mass is 298 g/mol.